The van der Waals surface area contributed by atoms with Crippen LogP contribution in [0.2, 0.25) is 0 Å². The fourth-order valence-electron chi connectivity index (χ4n) is 0.813. The highest BCUT2D eigenvalue weighted by molar-refractivity contribution is 6.58. The summed E-state index contributed by atoms with van der Waals surface area (Å²) in [5, 5.41) is 17.1. The maximum absolute atomic E-state index is 8.55. The van der Waals surface area contributed by atoms with Gasteiger partial charge in [-0.05, 0) is 29.7 Å². The summed E-state index contributed by atoms with van der Waals surface area (Å²) >= 11 is 0. The van der Waals surface area contributed by atoms with E-state index < -0.39 is 7.12 Å². The fourth-order valence-corrected chi connectivity index (χ4v) is 0.813. The van der Waals surface area contributed by atoms with Gasteiger partial charge in [-0.1, -0.05) is 0 Å². The zero-order chi connectivity index (χ0) is 10.2. The third kappa shape index (κ3) is 3.89. The van der Waals surface area contributed by atoms with Crippen LogP contribution in [0.1, 0.15) is 0 Å². The minimum absolute atomic E-state index is 0.463. The molecule has 72 valence electrons. The van der Waals surface area contributed by atoms with Gasteiger partial charge in [-0.2, -0.15) is 0 Å². The number of hydrogen-bond donors (Lipinski definition) is 3. The van der Waals surface area contributed by atoms with Gasteiger partial charge in [0.1, 0.15) is 0 Å². The van der Waals surface area contributed by atoms with Crippen molar-refractivity contribution in [2.45, 2.75) is 0 Å². The Labute approximate surface area is 82.4 Å². The molecule has 0 bridgehead atoms. The summed E-state index contributed by atoms with van der Waals surface area (Å²) in [4.78, 5) is 6.57. The van der Waals surface area contributed by atoms with Gasteiger partial charge in [0.15, 0.2) is 0 Å². The third-order valence-corrected chi connectivity index (χ3v) is 1.50. The van der Waals surface area contributed by atoms with Crippen molar-refractivity contribution in [1.29, 1.82) is 0 Å². The van der Waals surface area contributed by atoms with Crippen molar-refractivity contribution in [1.82, 2.24) is 9.97 Å². The van der Waals surface area contributed by atoms with Crippen molar-refractivity contribution >= 4 is 12.6 Å². The van der Waals surface area contributed by atoms with Crippen LogP contribution in [0.3, 0.4) is 0 Å². The predicted octanol–water partition coefficient (Wildman–Crippen LogP) is -0.224. The average Bonchev–Trinajstić information content (AvgIpc) is 2.77. The lowest BCUT2D eigenvalue weighted by atomic mass is 9.81. The first-order valence-corrected chi connectivity index (χ1v) is 4.14. The van der Waals surface area contributed by atoms with Gasteiger partial charge in [-0.25, -0.2) is 0 Å². The number of hydrogen-bond acceptors (Lipinski definition) is 3. The van der Waals surface area contributed by atoms with E-state index in [9.17, 15) is 0 Å². The molecule has 2 rings (SSSR count). The second-order valence-corrected chi connectivity index (χ2v) is 2.54. The van der Waals surface area contributed by atoms with Crippen LogP contribution in [0.15, 0.2) is 49.1 Å². The summed E-state index contributed by atoms with van der Waals surface area (Å²) in [6.45, 7) is 0. The molecular formula is C9H11BN2O2. The highest BCUT2D eigenvalue weighted by Gasteiger charge is 2.07. The molecule has 14 heavy (non-hydrogen) atoms. The molecule has 0 radical (unpaired) electrons. The van der Waals surface area contributed by atoms with Gasteiger partial charge in [0, 0.05) is 24.8 Å². The molecule has 0 amide bonds. The smallest absolute Gasteiger partial charge is 0.423 e. The third-order valence-electron chi connectivity index (χ3n) is 1.50. The Morgan fingerprint density at radius 1 is 1.07 bits per heavy atom. The van der Waals surface area contributed by atoms with Crippen molar-refractivity contribution in [2.75, 3.05) is 0 Å². The normalized spacial score (nSPS) is 8.71. The molecule has 4 nitrogen and oxygen atoms in total. The van der Waals surface area contributed by atoms with Gasteiger partial charge >= 0.3 is 7.12 Å². The summed E-state index contributed by atoms with van der Waals surface area (Å²) in [6, 6.07) is 6.98. The largest absolute Gasteiger partial charge is 0.488 e. The molecule has 3 N–H and O–H groups in total. The molecule has 0 aliphatic rings. The molecule has 2 heterocycles. The van der Waals surface area contributed by atoms with E-state index >= 15 is 0 Å². The number of aromatic nitrogens is 2. The van der Waals surface area contributed by atoms with E-state index in [-0.39, 0.29) is 0 Å². The summed E-state index contributed by atoms with van der Waals surface area (Å²) < 4.78 is 0. The number of aromatic amines is 1. The quantitative estimate of drug-likeness (QED) is 0.544. The molecule has 0 atom stereocenters. The number of nitrogens with zero attached hydrogens (tertiary/aromatic N) is 1. The number of nitrogens with one attached hydrogen (secondary N) is 1. The van der Waals surface area contributed by atoms with Crippen LogP contribution in [0.4, 0.5) is 0 Å². The zero-order valence-electron chi connectivity index (χ0n) is 7.54. The highest BCUT2D eigenvalue weighted by atomic mass is 16.4. The number of pyridine rings is 1. The molecule has 0 aromatic carbocycles. The molecular weight excluding hydrogens is 179 g/mol. The lowest BCUT2D eigenvalue weighted by Gasteiger charge is -1.93. The minimum Gasteiger partial charge on any atom is -0.423 e. The van der Waals surface area contributed by atoms with Crippen molar-refractivity contribution in [2.24, 2.45) is 0 Å². The molecule has 0 fully saturated rings. The van der Waals surface area contributed by atoms with E-state index in [1.165, 1.54) is 12.4 Å². The Morgan fingerprint density at radius 3 is 1.93 bits per heavy atom. The van der Waals surface area contributed by atoms with Gasteiger partial charge < -0.3 is 15.0 Å². The summed E-state index contributed by atoms with van der Waals surface area (Å²) in [5.41, 5.74) is 0.463. The van der Waals surface area contributed by atoms with Gasteiger partial charge in [0.25, 0.3) is 0 Å². The molecule has 0 saturated carbocycles. The number of H-pyrrole nitrogens is 1. The molecule has 0 spiro atoms. The molecule has 5 heteroatoms. The first kappa shape index (κ1) is 10.5. The average molecular weight is 190 g/mol. The summed E-state index contributed by atoms with van der Waals surface area (Å²) in [6.07, 6.45) is 6.77. The molecule has 0 aliphatic heterocycles. The van der Waals surface area contributed by atoms with E-state index in [0.717, 1.165) is 0 Å². The van der Waals surface area contributed by atoms with Crippen molar-refractivity contribution < 1.29 is 10.0 Å². The Hall–Kier alpha value is -1.59. The van der Waals surface area contributed by atoms with Crippen LogP contribution in [0, 0.1) is 0 Å². The monoisotopic (exact) mass is 190 g/mol. The van der Waals surface area contributed by atoms with Gasteiger partial charge in [0.2, 0.25) is 0 Å². The number of rotatable bonds is 1. The lowest BCUT2D eigenvalue weighted by Crippen LogP contribution is -2.29. The van der Waals surface area contributed by atoms with Crippen molar-refractivity contribution in [3.63, 3.8) is 0 Å². The van der Waals surface area contributed by atoms with Crippen LogP contribution in [0.25, 0.3) is 0 Å². The topological polar surface area (TPSA) is 69.1 Å². The molecule has 0 saturated heterocycles. The first-order valence-electron chi connectivity index (χ1n) is 4.14. The summed E-state index contributed by atoms with van der Waals surface area (Å²) in [7, 11) is -1.38. The second kappa shape index (κ2) is 5.96. The maximum atomic E-state index is 8.55. The first-order chi connectivity index (χ1) is 6.80. The molecule has 2 aromatic rings. The minimum atomic E-state index is -1.38. The Morgan fingerprint density at radius 2 is 1.64 bits per heavy atom. The Bertz CT molecular complexity index is 307. The van der Waals surface area contributed by atoms with Gasteiger partial charge in [-0.3, -0.25) is 4.98 Å². The van der Waals surface area contributed by atoms with Crippen LogP contribution in [0.5, 0.6) is 0 Å². The van der Waals surface area contributed by atoms with E-state index in [4.69, 9.17) is 10.0 Å². The van der Waals surface area contributed by atoms with Crippen LogP contribution < -0.4 is 5.46 Å². The molecule has 0 aliphatic carbocycles. The fraction of sp³-hybridized carbons (Fsp3) is 0. The van der Waals surface area contributed by atoms with E-state index in [1.54, 1.807) is 12.1 Å². The standard InChI is InChI=1S/C5H6BNO2.C4H5N/c8-6(9)5-1-3-7-4-2-5;1-2-4-5-3-1/h1-4,8-9H;1-5H. The lowest BCUT2D eigenvalue weighted by molar-refractivity contribution is 0.425. The van der Waals surface area contributed by atoms with E-state index in [0.29, 0.717) is 5.46 Å². The van der Waals surface area contributed by atoms with Gasteiger partial charge in [-0.15, -0.1) is 0 Å². The Kier molecular flexibility index (Phi) is 4.47. The SMILES string of the molecule is OB(O)c1ccncc1.c1cc[nH]c1. The molecule has 0 unspecified atom stereocenters. The van der Waals surface area contributed by atoms with Crippen LogP contribution in [-0.4, -0.2) is 27.1 Å². The van der Waals surface area contributed by atoms with E-state index in [2.05, 4.69) is 9.97 Å². The molecule has 2 aromatic heterocycles. The van der Waals surface area contributed by atoms with E-state index in [1.807, 2.05) is 24.5 Å². The highest BCUT2D eigenvalue weighted by Crippen LogP contribution is 1.77. The Balaban J connectivity index is 0.000000165. The summed E-state index contributed by atoms with van der Waals surface area (Å²) in [5.74, 6) is 0. The maximum Gasteiger partial charge on any atom is 0.488 e. The zero-order valence-corrected chi connectivity index (χ0v) is 7.54. The van der Waals surface area contributed by atoms with Gasteiger partial charge in [0.05, 0.1) is 0 Å². The second-order valence-electron chi connectivity index (χ2n) is 2.54. The van der Waals surface area contributed by atoms with Crippen molar-refractivity contribution in [3.05, 3.63) is 49.1 Å². The van der Waals surface area contributed by atoms with Crippen molar-refractivity contribution in [3.8, 4) is 0 Å². The predicted molar refractivity (Wildman–Crippen MR) is 54.9 cm³/mol. The van der Waals surface area contributed by atoms with Crippen LogP contribution >= 0.6 is 0 Å². The van der Waals surface area contributed by atoms with Crippen LogP contribution in [-0.2, 0) is 0 Å².